The van der Waals surface area contributed by atoms with E-state index in [9.17, 15) is 4.79 Å². The first-order valence-corrected chi connectivity index (χ1v) is 9.26. The smallest absolute Gasteiger partial charge is 0.340 e. The second-order valence-electron chi connectivity index (χ2n) is 6.35. The Morgan fingerprint density at radius 3 is 2.21 bits per heavy atom. The SMILES string of the molecule is COC(=O)c1cccc2oc(-c3cccc4oc(-c5ccccc5S)nc34)nc12. The van der Waals surface area contributed by atoms with Crippen LogP contribution in [0.2, 0.25) is 0 Å². The van der Waals surface area contributed by atoms with Gasteiger partial charge in [-0.3, -0.25) is 0 Å². The van der Waals surface area contributed by atoms with Crippen molar-refractivity contribution in [3.8, 4) is 22.9 Å². The second-order valence-corrected chi connectivity index (χ2v) is 6.83. The molecule has 0 bridgehead atoms. The fraction of sp³-hybridized carbons (Fsp3) is 0.0455. The Bertz CT molecular complexity index is 1390. The highest BCUT2D eigenvalue weighted by Gasteiger charge is 2.20. The van der Waals surface area contributed by atoms with Crippen LogP contribution in [0.3, 0.4) is 0 Å². The molecule has 5 rings (SSSR count). The minimum Gasteiger partial charge on any atom is -0.465 e. The van der Waals surface area contributed by atoms with Crippen molar-refractivity contribution in [3.05, 3.63) is 66.2 Å². The van der Waals surface area contributed by atoms with Gasteiger partial charge in [0.25, 0.3) is 0 Å². The van der Waals surface area contributed by atoms with Crippen LogP contribution in [0, 0.1) is 0 Å². The van der Waals surface area contributed by atoms with Crippen LogP contribution in [0.25, 0.3) is 45.1 Å². The molecule has 7 heteroatoms. The zero-order chi connectivity index (χ0) is 20.0. The predicted molar refractivity (Wildman–Crippen MR) is 111 cm³/mol. The van der Waals surface area contributed by atoms with Crippen molar-refractivity contribution in [2.24, 2.45) is 0 Å². The molecule has 0 saturated carbocycles. The van der Waals surface area contributed by atoms with Gasteiger partial charge in [-0.05, 0) is 36.4 Å². The molecule has 0 aliphatic carbocycles. The van der Waals surface area contributed by atoms with Crippen LogP contribution in [0.1, 0.15) is 10.4 Å². The lowest BCUT2D eigenvalue weighted by atomic mass is 10.2. The van der Waals surface area contributed by atoms with Gasteiger partial charge in [0.15, 0.2) is 11.2 Å². The monoisotopic (exact) mass is 402 g/mol. The molecule has 5 aromatic rings. The number of para-hydroxylation sites is 2. The summed E-state index contributed by atoms with van der Waals surface area (Å²) in [6.07, 6.45) is 0. The quantitative estimate of drug-likeness (QED) is 0.322. The normalized spacial score (nSPS) is 11.2. The number of esters is 1. The zero-order valence-corrected chi connectivity index (χ0v) is 16.1. The van der Waals surface area contributed by atoms with Gasteiger partial charge >= 0.3 is 5.97 Å². The average Bonchev–Trinajstić information content (AvgIpc) is 3.37. The maximum Gasteiger partial charge on any atom is 0.340 e. The van der Waals surface area contributed by atoms with E-state index in [-0.39, 0.29) is 0 Å². The van der Waals surface area contributed by atoms with Crippen LogP contribution >= 0.6 is 12.6 Å². The van der Waals surface area contributed by atoms with E-state index in [1.54, 1.807) is 18.2 Å². The number of aromatic nitrogens is 2. The van der Waals surface area contributed by atoms with Crippen LogP contribution in [-0.2, 0) is 4.74 Å². The summed E-state index contributed by atoms with van der Waals surface area (Å²) in [7, 11) is 1.33. The molecule has 0 atom stereocenters. The van der Waals surface area contributed by atoms with E-state index in [0.717, 1.165) is 10.5 Å². The second kappa shape index (κ2) is 6.79. The Morgan fingerprint density at radius 2 is 1.45 bits per heavy atom. The molecule has 0 N–H and O–H groups in total. The molecule has 0 amide bonds. The molecular weight excluding hydrogens is 388 g/mol. The number of carbonyl (C=O) groups is 1. The topological polar surface area (TPSA) is 78.4 Å². The van der Waals surface area contributed by atoms with E-state index in [1.165, 1.54) is 7.11 Å². The lowest BCUT2D eigenvalue weighted by Gasteiger charge is -1.98. The van der Waals surface area contributed by atoms with Crippen molar-refractivity contribution >= 4 is 40.8 Å². The van der Waals surface area contributed by atoms with Gasteiger partial charge in [0.05, 0.1) is 23.8 Å². The number of ether oxygens (including phenoxy) is 1. The first-order chi connectivity index (χ1) is 14.2. The number of thiol groups is 1. The Hall–Kier alpha value is -3.58. The first kappa shape index (κ1) is 17.5. The number of methoxy groups -OCH3 is 1. The van der Waals surface area contributed by atoms with Crippen LogP contribution in [-0.4, -0.2) is 23.0 Å². The number of hydrogen-bond donors (Lipinski definition) is 1. The van der Waals surface area contributed by atoms with Crippen molar-refractivity contribution in [2.75, 3.05) is 7.11 Å². The largest absolute Gasteiger partial charge is 0.465 e. The van der Waals surface area contributed by atoms with Crippen molar-refractivity contribution < 1.29 is 18.4 Å². The summed E-state index contributed by atoms with van der Waals surface area (Å²) in [5.74, 6) is 0.341. The summed E-state index contributed by atoms with van der Waals surface area (Å²) in [5, 5.41) is 0. The Labute approximate surface area is 170 Å². The molecule has 29 heavy (non-hydrogen) atoms. The molecule has 0 aliphatic rings. The fourth-order valence-electron chi connectivity index (χ4n) is 3.23. The highest BCUT2D eigenvalue weighted by atomic mass is 32.1. The molecule has 2 aromatic heterocycles. The molecule has 0 fully saturated rings. The number of hydrogen-bond acceptors (Lipinski definition) is 7. The molecule has 0 saturated heterocycles. The summed E-state index contributed by atoms with van der Waals surface area (Å²) in [4.78, 5) is 22.0. The maximum atomic E-state index is 12.0. The molecule has 3 aromatic carbocycles. The lowest BCUT2D eigenvalue weighted by Crippen LogP contribution is -2.01. The Kier molecular flexibility index (Phi) is 4.10. The number of benzene rings is 3. The average molecular weight is 402 g/mol. The lowest BCUT2D eigenvalue weighted by molar-refractivity contribution is 0.0602. The van der Waals surface area contributed by atoms with Gasteiger partial charge in [-0.1, -0.05) is 24.3 Å². The maximum absolute atomic E-state index is 12.0. The van der Waals surface area contributed by atoms with Gasteiger partial charge < -0.3 is 13.6 Å². The molecule has 6 nitrogen and oxygen atoms in total. The highest BCUT2D eigenvalue weighted by molar-refractivity contribution is 7.80. The molecule has 0 unspecified atom stereocenters. The summed E-state index contributed by atoms with van der Waals surface area (Å²) in [6, 6.07) is 18.2. The third-order valence-corrected chi connectivity index (χ3v) is 5.00. The van der Waals surface area contributed by atoms with Gasteiger partial charge in [-0.15, -0.1) is 12.6 Å². The number of nitrogens with zero attached hydrogens (tertiary/aromatic N) is 2. The van der Waals surface area contributed by atoms with Gasteiger partial charge in [0.2, 0.25) is 11.8 Å². The van der Waals surface area contributed by atoms with Crippen LogP contribution in [0.5, 0.6) is 0 Å². The first-order valence-electron chi connectivity index (χ1n) is 8.82. The molecule has 142 valence electrons. The van der Waals surface area contributed by atoms with Crippen LogP contribution in [0.15, 0.2) is 74.4 Å². The number of rotatable bonds is 3. The van der Waals surface area contributed by atoms with E-state index < -0.39 is 5.97 Å². The van der Waals surface area contributed by atoms with Crippen molar-refractivity contribution in [1.82, 2.24) is 9.97 Å². The zero-order valence-electron chi connectivity index (χ0n) is 15.2. The van der Waals surface area contributed by atoms with E-state index in [1.807, 2.05) is 42.5 Å². The van der Waals surface area contributed by atoms with Gasteiger partial charge in [-0.2, -0.15) is 0 Å². The van der Waals surface area contributed by atoms with Crippen molar-refractivity contribution in [2.45, 2.75) is 4.90 Å². The van der Waals surface area contributed by atoms with Gasteiger partial charge in [0.1, 0.15) is 11.0 Å². The van der Waals surface area contributed by atoms with Crippen molar-refractivity contribution in [3.63, 3.8) is 0 Å². The molecule has 0 spiro atoms. The van der Waals surface area contributed by atoms with E-state index >= 15 is 0 Å². The van der Waals surface area contributed by atoms with Crippen molar-refractivity contribution in [1.29, 1.82) is 0 Å². The summed E-state index contributed by atoms with van der Waals surface area (Å²) < 4.78 is 16.7. The van der Waals surface area contributed by atoms with Gasteiger partial charge in [0, 0.05) is 4.90 Å². The third-order valence-electron chi connectivity index (χ3n) is 4.61. The highest BCUT2D eigenvalue weighted by Crippen LogP contribution is 2.35. The van der Waals surface area contributed by atoms with E-state index in [4.69, 9.17) is 13.6 Å². The van der Waals surface area contributed by atoms with Gasteiger partial charge in [-0.25, -0.2) is 14.8 Å². The predicted octanol–water partition coefficient (Wildman–Crippen LogP) is 5.38. The number of fused-ring (bicyclic) bond motifs is 2. The summed E-state index contributed by atoms with van der Waals surface area (Å²) in [6.45, 7) is 0. The van der Waals surface area contributed by atoms with Crippen LogP contribution in [0.4, 0.5) is 0 Å². The fourth-order valence-corrected chi connectivity index (χ4v) is 3.49. The van der Waals surface area contributed by atoms with Crippen LogP contribution < -0.4 is 0 Å². The molecule has 0 aliphatic heterocycles. The summed E-state index contributed by atoms with van der Waals surface area (Å²) >= 11 is 4.49. The molecular formula is C22H14N2O4S. The summed E-state index contributed by atoms with van der Waals surface area (Å²) in [5.41, 5.74) is 3.96. The number of oxazole rings is 2. The van der Waals surface area contributed by atoms with E-state index in [0.29, 0.717) is 45.1 Å². The van der Waals surface area contributed by atoms with E-state index in [2.05, 4.69) is 22.6 Å². The third kappa shape index (κ3) is 2.87. The minimum absolute atomic E-state index is 0.344. The Morgan fingerprint density at radius 1 is 0.828 bits per heavy atom. The Balaban J connectivity index is 1.70. The number of carbonyl (C=O) groups excluding carboxylic acids is 1. The minimum atomic E-state index is -0.470. The molecule has 2 heterocycles. The molecule has 0 radical (unpaired) electrons. The standard InChI is InChI=1S/C22H14N2O4S/c1-26-22(25)14-8-5-10-16-19(14)24-21(28-16)13-7-4-9-15-18(13)23-20(27-15)12-6-2-3-11-17(12)29/h2-11,29H,1H3.